The fourth-order valence-corrected chi connectivity index (χ4v) is 4.41. The van der Waals surface area contributed by atoms with Crippen LogP contribution in [0.25, 0.3) is 0 Å². The molecule has 0 saturated carbocycles. The van der Waals surface area contributed by atoms with E-state index < -0.39 is 10.0 Å². The number of nitrogens with zero attached hydrogens (tertiary/aromatic N) is 1. The first-order valence-electron chi connectivity index (χ1n) is 6.06. The summed E-state index contributed by atoms with van der Waals surface area (Å²) in [6, 6.07) is 5.03. The molecule has 1 saturated heterocycles. The second-order valence-corrected chi connectivity index (χ2v) is 7.09. The molecular formula is C12H17BrN2O3S. The van der Waals surface area contributed by atoms with E-state index in [0.717, 1.165) is 4.47 Å². The molecular weight excluding hydrogens is 332 g/mol. The van der Waals surface area contributed by atoms with Crippen LogP contribution >= 0.6 is 15.9 Å². The Hall–Kier alpha value is -0.630. The summed E-state index contributed by atoms with van der Waals surface area (Å²) in [5, 5.41) is 3.09. The van der Waals surface area contributed by atoms with Gasteiger partial charge in [-0.1, -0.05) is 22.9 Å². The number of sulfonamides is 1. The van der Waals surface area contributed by atoms with Gasteiger partial charge in [0.25, 0.3) is 0 Å². The molecule has 7 heteroatoms. The molecule has 1 fully saturated rings. The van der Waals surface area contributed by atoms with Crippen LogP contribution in [-0.4, -0.2) is 45.5 Å². The second-order valence-electron chi connectivity index (χ2n) is 4.32. The third kappa shape index (κ3) is 2.79. The second kappa shape index (κ2) is 5.78. The zero-order valence-electron chi connectivity index (χ0n) is 10.9. The van der Waals surface area contributed by atoms with Crippen molar-refractivity contribution in [3.05, 3.63) is 22.7 Å². The first kappa shape index (κ1) is 14.8. The normalized spacial score (nSPS) is 16.4. The molecule has 0 atom stereocenters. The monoisotopic (exact) mass is 348 g/mol. The highest BCUT2D eigenvalue weighted by Gasteiger charge is 2.35. The highest BCUT2D eigenvalue weighted by atomic mass is 79.9. The van der Waals surface area contributed by atoms with E-state index >= 15 is 0 Å². The molecule has 0 aromatic heterocycles. The lowest BCUT2D eigenvalue weighted by Gasteiger charge is -2.36. The maximum absolute atomic E-state index is 12.7. The van der Waals surface area contributed by atoms with Gasteiger partial charge in [0.2, 0.25) is 10.0 Å². The van der Waals surface area contributed by atoms with Crippen LogP contribution in [0.5, 0.6) is 5.75 Å². The number of likely N-dealkylation sites (N-methyl/N-ethyl adjacent to an activating group) is 1. The summed E-state index contributed by atoms with van der Waals surface area (Å²) in [5.74, 6) is 0.369. The fourth-order valence-electron chi connectivity index (χ4n) is 2.08. The summed E-state index contributed by atoms with van der Waals surface area (Å²) >= 11 is 3.31. The quantitative estimate of drug-likeness (QED) is 0.874. The first-order chi connectivity index (χ1) is 9.00. The average Bonchev–Trinajstić information content (AvgIpc) is 2.33. The van der Waals surface area contributed by atoms with Crippen molar-refractivity contribution in [1.29, 1.82) is 0 Å². The van der Waals surface area contributed by atoms with Crippen LogP contribution in [0, 0.1) is 0 Å². The number of nitrogens with one attached hydrogen (secondary N) is 1. The molecule has 1 aliphatic rings. The van der Waals surface area contributed by atoms with Crippen LogP contribution < -0.4 is 10.1 Å². The van der Waals surface area contributed by atoms with Gasteiger partial charge in [-0.25, -0.2) is 8.42 Å². The van der Waals surface area contributed by atoms with E-state index in [1.807, 2.05) is 6.92 Å². The summed E-state index contributed by atoms with van der Waals surface area (Å²) in [5.41, 5.74) is 0. The number of halogens is 1. The zero-order chi connectivity index (χ0) is 14.0. The molecule has 0 aliphatic carbocycles. The van der Waals surface area contributed by atoms with Crippen molar-refractivity contribution in [3.8, 4) is 5.75 Å². The maximum Gasteiger partial charge on any atom is 0.247 e. The number of hydrogen-bond acceptors (Lipinski definition) is 4. The zero-order valence-corrected chi connectivity index (χ0v) is 13.3. The molecule has 0 bridgehead atoms. The van der Waals surface area contributed by atoms with Gasteiger partial charge < -0.3 is 10.1 Å². The highest BCUT2D eigenvalue weighted by molar-refractivity contribution is 9.10. The van der Waals surface area contributed by atoms with E-state index in [-0.39, 0.29) is 10.9 Å². The lowest BCUT2D eigenvalue weighted by atomic mass is 10.2. The fraction of sp³-hybridized carbons (Fsp3) is 0.500. The number of benzene rings is 1. The van der Waals surface area contributed by atoms with E-state index in [1.165, 1.54) is 11.4 Å². The van der Waals surface area contributed by atoms with Gasteiger partial charge in [-0.05, 0) is 18.2 Å². The smallest absolute Gasteiger partial charge is 0.247 e. The number of methoxy groups -OCH3 is 1. The summed E-state index contributed by atoms with van der Waals surface area (Å²) in [7, 11) is -2.06. The SMILES string of the molecule is CCN(C1CNC1)S(=O)(=O)c1cc(Br)ccc1OC. The Kier molecular flexibility index (Phi) is 4.50. The van der Waals surface area contributed by atoms with Crippen molar-refractivity contribution >= 4 is 26.0 Å². The van der Waals surface area contributed by atoms with Gasteiger partial charge in [0, 0.05) is 24.1 Å². The molecule has 106 valence electrons. The summed E-state index contributed by atoms with van der Waals surface area (Å²) in [6.07, 6.45) is 0. The van der Waals surface area contributed by atoms with Gasteiger partial charge in [-0.3, -0.25) is 0 Å². The summed E-state index contributed by atoms with van der Waals surface area (Å²) in [4.78, 5) is 0.207. The molecule has 0 unspecified atom stereocenters. The van der Waals surface area contributed by atoms with Crippen molar-refractivity contribution in [2.75, 3.05) is 26.7 Å². The van der Waals surface area contributed by atoms with E-state index in [0.29, 0.717) is 25.4 Å². The molecule has 5 nitrogen and oxygen atoms in total. The third-order valence-electron chi connectivity index (χ3n) is 3.19. The van der Waals surface area contributed by atoms with Crippen molar-refractivity contribution in [3.63, 3.8) is 0 Å². The predicted molar refractivity (Wildman–Crippen MR) is 76.9 cm³/mol. The molecule has 0 amide bonds. The van der Waals surface area contributed by atoms with E-state index in [4.69, 9.17) is 4.74 Å². The minimum atomic E-state index is -3.54. The summed E-state index contributed by atoms with van der Waals surface area (Å²) < 4.78 is 32.9. The number of ether oxygens (including phenoxy) is 1. The Morgan fingerprint density at radius 3 is 2.63 bits per heavy atom. The Morgan fingerprint density at radius 1 is 1.47 bits per heavy atom. The average molecular weight is 349 g/mol. The van der Waals surface area contributed by atoms with Crippen molar-refractivity contribution in [1.82, 2.24) is 9.62 Å². The molecule has 2 rings (SSSR count). The van der Waals surface area contributed by atoms with Gasteiger partial charge in [-0.2, -0.15) is 4.31 Å². The van der Waals surface area contributed by atoms with Crippen molar-refractivity contribution in [2.24, 2.45) is 0 Å². The molecule has 1 aromatic rings. The largest absolute Gasteiger partial charge is 0.495 e. The number of hydrogen-bond donors (Lipinski definition) is 1. The molecule has 1 aromatic carbocycles. The van der Waals surface area contributed by atoms with Gasteiger partial charge in [0.05, 0.1) is 13.2 Å². The van der Waals surface area contributed by atoms with Gasteiger partial charge in [0.1, 0.15) is 10.6 Å². The Bertz CT molecular complexity index is 558. The standard InChI is InChI=1S/C12H17BrN2O3S/c1-3-15(10-7-14-8-10)19(16,17)12-6-9(13)4-5-11(12)18-2/h4-6,10,14H,3,7-8H2,1-2H3. The molecule has 0 spiro atoms. The number of rotatable bonds is 5. The van der Waals surface area contributed by atoms with Crippen molar-refractivity contribution in [2.45, 2.75) is 17.9 Å². The van der Waals surface area contributed by atoms with E-state index in [1.54, 1.807) is 18.2 Å². The Balaban J connectivity index is 2.45. The van der Waals surface area contributed by atoms with Gasteiger partial charge in [0.15, 0.2) is 0 Å². The summed E-state index contributed by atoms with van der Waals surface area (Å²) in [6.45, 7) is 3.69. The van der Waals surface area contributed by atoms with Crippen LogP contribution in [0.1, 0.15) is 6.92 Å². The van der Waals surface area contributed by atoms with Crippen LogP contribution in [0.15, 0.2) is 27.6 Å². The third-order valence-corrected chi connectivity index (χ3v) is 5.73. The Morgan fingerprint density at radius 2 is 2.16 bits per heavy atom. The van der Waals surface area contributed by atoms with Crippen LogP contribution in [-0.2, 0) is 10.0 Å². The minimum Gasteiger partial charge on any atom is -0.495 e. The molecule has 0 radical (unpaired) electrons. The molecule has 1 heterocycles. The topological polar surface area (TPSA) is 58.6 Å². The molecule has 1 N–H and O–H groups in total. The van der Waals surface area contributed by atoms with Crippen LogP contribution in [0.3, 0.4) is 0 Å². The molecule has 1 aliphatic heterocycles. The lowest BCUT2D eigenvalue weighted by molar-refractivity contribution is 0.249. The van der Waals surface area contributed by atoms with Crippen LogP contribution in [0.4, 0.5) is 0 Å². The Labute approximate surface area is 122 Å². The predicted octanol–water partition coefficient (Wildman–Crippen LogP) is 1.44. The van der Waals surface area contributed by atoms with E-state index in [9.17, 15) is 8.42 Å². The first-order valence-corrected chi connectivity index (χ1v) is 8.30. The van der Waals surface area contributed by atoms with Crippen molar-refractivity contribution < 1.29 is 13.2 Å². The lowest BCUT2D eigenvalue weighted by Crippen LogP contribution is -2.58. The van der Waals surface area contributed by atoms with Gasteiger partial charge in [-0.15, -0.1) is 0 Å². The molecule has 19 heavy (non-hydrogen) atoms. The maximum atomic E-state index is 12.7. The van der Waals surface area contributed by atoms with E-state index in [2.05, 4.69) is 21.2 Å². The van der Waals surface area contributed by atoms with Gasteiger partial charge >= 0.3 is 0 Å². The van der Waals surface area contributed by atoms with Crippen LogP contribution in [0.2, 0.25) is 0 Å². The highest BCUT2D eigenvalue weighted by Crippen LogP contribution is 2.30. The minimum absolute atomic E-state index is 0.0266.